The van der Waals surface area contributed by atoms with Gasteiger partial charge in [-0.25, -0.2) is 4.39 Å². The van der Waals surface area contributed by atoms with Crippen molar-refractivity contribution in [3.63, 3.8) is 0 Å². The van der Waals surface area contributed by atoms with Crippen molar-refractivity contribution in [3.8, 4) is 0 Å². The van der Waals surface area contributed by atoms with Gasteiger partial charge in [0.2, 0.25) is 0 Å². The molecule has 0 aliphatic rings. The summed E-state index contributed by atoms with van der Waals surface area (Å²) < 4.78 is 13.1. The minimum atomic E-state index is -1.21. The molecule has 0 fully saturated rings. The van der Waals surface area contributed by atoms with Crippen LogP contribution in [-0.4, -0.2) is 10.9 Å². The molecule has 0 radical (unpaired) electrons. The number of carbonyl (C=O) groups is 1. The predicted octanol–water partition coefficient (Wildman–Crippen LogP) is 3.05. The number of ketones is 1. The molecule has 1 N–H and O–H groups in total. The zero-order chi connectivity index (χ0) is 13.1. The van der Waals surface area contributed by atoms with Crippen LogP contribution in [0.5, 0.6) is 0 Å². The van der Waals surface area contributed by atoms with E-state index < -0.39 is 11.9 Å². The van der Waals surface area contributed by atoms with Crippen molar-refractivity contribution >= 4 is 5.78 Å². The van der Waals surface area contributed by atoms with Gasteiger partial charge in [0, 0.05) is 5.56 Å². The zero-order valence-electron chi connectivity index (χ0n) is 9.93. The summed E-state index contributed by atoms with van der Waals surface area (Å²) in [4.78, 5) is 12.0. The number of Topliss-reactive ketones (excluding diaryl/α,β-unsaturated/α-hetero) is 1. The number of aryl methyl sites for hydroxylation is 1. The number of aliphatic hydroxyl groups excluding tert-OH is 1. The maximum atomic E-state index is 13.1. The number of benzene rings is 2. The molecule has 0 amide bonds. The van der Waals surface area contributed by atoms with Gasteiger partial charge in [-0.2, -0.15) is 0 Å². The summed E-state index contributed by atoms with van der Waals surface area (Å²) in [5, 5.41) is 9.96. The number of hydrogen-bond acceptors (Lipinski definition) is 2. The van der Waals surface area contributed by atoms with Gasteiger partial charge in [-0.1, -0.05) is 30.3 Å². The van der Waals surface area contributed by atoms with Crippen LogP contribution in [0, 0.1) is 12.7 Å². The van der Waals surface area contributed by atoms with Crippen molar-refractivity contribution in [1.29, 1.82) is 0 Å². The van der Waals surface area contributed by atoms with E-state index in [0.29, 0.717) is 16.7 Å². The molecule has 0 heterocycles. The lowest BCUT2D eigenvalue weighted by Crippen LogP contribution is -2.12. The molecule has 0 saturated heterocycles. The first-order valence-corrected chi connectivity index (χ1v) is 5.63. The Kier molecular flexibility index (Phi) is 3.53. The monoisotopic (exact) mass is 244 g/mol. The highest BCUT2D eigenvalue weighted by Gasteiger charge is 2.19. The van der Waals surface area contributed by atoms with Crippen LogP contribution in [0.25, 0.3) is 0 Å². The molecule has 18 heavy (non-hydrogen) atoms. The predicted molar refractivity (Wildman–Crippen MR) is 66.9 cm³/mol. The average Bonchev–Trinajstić information content (AvgIpc) is 2.41. The van der Waals surface area contributed by atoms with Crippen LogP contribution in [0.3, 0.4) is 0 Å². The molecular formula is C15H13FO2. The van der Waals surface area contributed by atoms with Gasteiger partial charge in [0.1, 0.15) is 11.9 Å². The molecular weight excluding hydrogens is 231 g/mol. The lowest BCUT2D eigenvalue weighted by molar-refractivity contribution is 0.0747. The summed E-state index contributed by atoms with van der Waals surface area (Å²) in [5.41, 5.74) is 1.23. The van der Waals surface area contributed by atoms with Gasteiger partial charge in [0.05, 0.1) is 0 Å². The molecule has 0 bridgehead atoms. The Labute approximate surface area is 105 Å². The van der Waals surface area contributed by atoms with E-state index in [-0.39, 0.29) is 5.82 Å². The number of carbonyl (C=O) groups excluding carboxylic acids is 1. The van der Waals surface area contributed by atoms with Crippen molar-refractivity contribution in [1.82, 2.24) is 0 Å². The van der Waals surface area contributed by atoms with Gasteiger partial charge in [-0.15, -0.1) is 0 Å². The first kappa shape index (κ1) is 12.5. The molecule has 0 aliphatic carbocycles. The minimum Gasteiger partial charge on any atom is -0.380 e. The molecule has 1 unspecified atom stereocenters. The Balaban J connectivity index is 2.29. The molecule has 1 atom stereocenters. The standard InChI is InChI=1S/C15H13FO2/c1-10-9-12(7-8-13(10)16)15(18)14(17)11-5-3-2-4-6-11/h2-9,14,17H,1H3. The quantitative estimate of drug-likeness (QED) is 0.842. The third kappa shape index (κ3) is 2.46. The van der Waals surface area contributed by atoms with E-state index in [1.807, 2.05) is 6.07 Å². The SMILES string of the molecule is Cc1cc(C(=O)C(O)c2ccccc2)ccc1F. The lowest BCUT2D eigenvalue weighted by atomic mass is 9.99. The molecule has 0 saturated carbocycles. The van der Waals surface area contributed by atoms with Gasteiger partial charge in [0.15, 0.2) is 5.78 Å². The van der Waals surface area contributed by atoms with Crippen LogP contribution in [0.2, 0.25) is 0 Å². The maximum Gasteiger partial charge on any atom is 0.195 e. The van der Waals surface area contributed by atoms with Gasteiger partial charge in [0.25, 0.3) is 0 Å². The minimum absolute atomic E-state index is 0.310. The molecule has 0 aliphatic heterocycles. The molecule has 2 aromatic carbocycles. The molecule has 2 nitrogen and oxygen atoms in total. The van der Waals surface area contributed by atoms with Gasteiger partial charge >= 0.3 is 0 Å². The second kappa shape index (κ2) is 5.10. The lowest BCUT2D eigenvalue weighted by Gasteiger charge is -2.10. The van der Waals surface area contributed by atoms with E-state index in [1.165, 1.54) is 18.2 Å². The second-order valence-electron chi connectivity index (χ2n) is 4.14. The smallest absolute Gasteiger partial charge is 0.195 e. The summed E-state index contributed by atoms with van der Waals surface area (Å²) in [6, 6.07) is 12.7. The third-order valence-electron chi connectivity index (χ3n) is 2.81. The number of aliphatic hydroxyl groups is 1. The number of rotatable bonds is 3. The first-order valence-electron chi connectivity index (χ1n) is 5.63. The number of hydrogen-bond donors (Lipinski definition) is 1. The van der Waals surface area contributed by atoms with E-state index in [9.17, 15) is 14.3 Å². The summed E-state index contributed by atoms with van der Waals surface area (Å²) in [6.07, 6.45) is -1.21. The largest absolute Gasteiger partial charge is 0.380 e. The van der Waals surface area contributed by atoms with Crippen molar-refractivity contribution in [2.24, 2.45) is 0 Å². The zero-order valence-corrected chi connectivity index (χ0v) is 9.93. The van der Waals surface area contributed by atoms with Crippen LogP contribution < -0.4 is 0 Å². The average molecular weight is 244 g/mol. The summed E-state index contributed by atoms with van der Waals surface area (Å²) >= 11 is 0. The van der Waals surface area contributed by atoms with E-state index in [2.05, 4.69) is 0 Å². The normalized spacial score (nSPS) is 12.2. The second-order valence-corrected chi connectivity index (χ2v) is 4.14. The fourth-order valence-corrected chi connectivity index (χ4v) is 1.74. The van der Waals surface area contributed by atoms with E-state index in [1.54, 1.807) is 31.2 Å². The van der Waals surface area contributed by atoms with Crippen LogP contribution in [-0.2, 0) is 0 Å². The molecule has 2 rings (SSSR count). The third-order valence-corrected chi connectivity index (χ3v) is 2.81. The van der Waals surface area contributed by atoms with E-state index >= 15 is 0 Å². The van der Waals surface area contributed by atoms with Crippen LogP contribution in [0.1, 0.15) is 27.6 Å². The maximum absolute atomic E-state index is 13.1. The highest BCUT2D eigenvalue weighted by atomic mass is 19.1. The fourth-order valence-electron chi connectivity index (χ4n) is 1.74. The van der Waals surface area contributed by atoms with Gasteiger partial charge < -0.3 is 5.11 Å². The fraction of sp³-hybridized carbons (Fsp3) is 0.133. The molecule has 0 spiro atoms. The van der Waals surface area contributed by atoms with E-state index in [4.69, 9.17) is 0 Å². The highest BCUT2D eigenvalue weighted by Crippen LogP contribution is 2.19. The van der Waals surface area contributed by atoms with Crippen molar-refractivity contribution in [2.75, 3.05) is 0 Å². The Morgan fingerprint density at radius 2 is 1.83 bits per heavy atom. The molecule has 92 valence electrons. The van der Waals surface area contributed by atoms with Crippen LogP contribution in [0.4, 0.5) is 4.39 Å². The van der Waals surface area contributed by atoms with E-state index in [0.717, 1.165) is 0 Å². The first-order chi connectivity index (χ1) is 8.59. The Morgan fingerprint density at radius 3 is 2.44 bits per heavy atom. The Morgan fingerprint density at radius 1 is 1.17 bits per heavy atom. The Bertz CT molecular complexity index is 564. The van der Waals surface area contributed by atoms with Crippen molar-refractivity contribution in [3.05, 3.63) is 71.0 Å². The summed E-state index contributed by atoms with van der Waals surface area (Å²) in [7, 11) is 0. The summed E-state index contributed by atoms with van der Waals surface area (Å²) in [6.45, 7) is 1.58. The summed E-state index contributed by atoms with van der Waals surface area (Å²) in [5.74, 6) is -0.787. The Hall–Kier alpha value is -2.00. The molecule has 2 aromatic rings. The van der Waals surface area contributed by atoms with Crippen LogP contribution >= 0.6 is 0 Å². The topological polar surface area (TPSA) is 37.3 Å². The molecule has 3 heteroatoms. The number of halogens is 1. The van der Waals surface area contributed by atoms with Crippen LogP contribution in [0.15, 0.2) is 48.5 Å². The van der Waals surface area contributed by atoms with Crippen molar-refractivity contribution in [2.45, 2.75) is 13.0 Å². The highest BCUT2D eigenvalue weighted by molar-refractivity contribution is 6.00. The molecule has 0 aromatic heterocycles. The van der Waals surface area contributed by atoms with Gasteiger partial charge in [-0.3, -0.25) is 4.79 Å². The van der Waals surface area contributed by atoms with Gasteiger partial charge in [-0.05, 0) is 36.2 Å². The van der Waals surface area contributed by atoms with Crippen molar-refractivity contribution < 1.29 is 14.3 Å².